The van der Waals surface area contributed by atoms with Gasteiger partial charge in [-0.1, -0.05) is 0 Å². The van der Waals surface area contributed by atoms with Crippen LogP contribution in [-0.4, -0.2) is 65.5 Å². The summed E-state index contributed by atoms with van der Waals surface area (Å²) in [6.45, 7) is 4.09. The van der Waals surface area contributed by atoms with Gasteiger partial charge in [0.15, 0.2) is 0 Å². The molecule has 1 fully saturated rings. The number of alkyl halides is 3. The molecule has 1 saturated heterocycles. The zero-order valence-corrected chi connectivity index (χ0v) is 20.2. The van der Waals surface area contributed by atoms with E-state index in [0.29, 0.717) is 11.8 Å². The Balaban J connectivity index is 0.000000479. The van der Waals surface area contributed by atoms with Gasteiger partial charge in [0.2, 0.25) is 5.95 Å². The van der Waals surface area contributed by atoms with Crippen molar-refractivity contribution in [3.8, 4) is 11.5 Å². The monoisotopic (exact) mass is 519 g/mol. The number of halogens is 3. The van der Waals surface area contributed by atoms with Gasteiger partial charge >= 0.3 is 12.1 Å². The first-order chi connectivity index (χ1) is 17.7. The van der Waals surface area contributed by atoms with Gasteiger partial charge in [0.05, 0.1) is 7.11 Å². The molecule has 2 aromatic carbocycles. The fourth-order valence-corrected chi connectivity index (χ4v) is 3.37. The molecule has 0 aliphatic carbocycles. The highest BCUT2D eigenvalue weighted by molar-refractivity contribution is 5.73. The molecular weight excluding hydrogens is 491 g/mol. The minimum Gasteiger partial charge on any atom is -0.497 e. The number of aromatic nitrogens is 2. The number of nitrogens with one attached hydrogen (secondary N) is 2. The van der Waals surface area contributed by atoms with Crippen LogP contribution in [0.4, 0.5) is 36.3 Å². The van der Waals surface area contributed by atoms with E-state index in [-0.39, 0.29) is 0 Å². The summed E-state index contributed by atoms with van der Waals surface area (Å²) in [5.41, 5.74) is 1.83. The number of hydrogen-bond donors (Lipinski definition) is 3. The zero-order chi connectivity index (χ0) is 26.7. The van der Waals surface area contributed by atoms with Crippen molar-refractivity contribution in [1.82, 2.24) is 14.9 Å². The second kappa shape index (κ2) is 13.3. The number of ether oxygens (including phenoxy) is 2. The molecule has 198 valence electrons. The van der Waals surface area contributed by atoms with Crippen molar-refractivity contribution in [2.24, 2.45) is 0 Å². The summed E-state index contributed by atoms with van der Waals surface area (Å²) >= 11 is 0. The number of aliphatic carboxylic acids is 1. The number of likely N-dealkylation sites (tertiary alicyclic amines) is 1. The number of hydrogen-bond acceptors (Lipinski definition) is 8. The average molecular weight is 520 g/mol. The number of nitrogens with zero attached hydrogens (tertiary/aromatic N) is 3. The van der Waals surface area contributed by atoms with Gasteiger partial charge in [0.1, 0.15) is 23.9 Å². The summed E-state index contributed by atoms with van der Waals surface area (Å²) in [5, 5.41) is 13.6. The predicted molar refractivity (Wildman–Crippen MR) is 133 cm³/mol. The lowest BCUT2D eigenvalue weighted by atomic mass is 10.3. The molecule has 0 amide bonds. The molecule has 12 heteroatoms. The van der Waals surface area contributed by atoms with Crippen LogP contribution < -0.4 is 20.1 Å². The predicted octanol–water partition coefficient (Wildman–Crippen LogP) is 5.08. The maximum Gasteiger partial charge on any atom is 0.490 e. The van der Waals surface area contributed by atoms with E-state index in [0.717, 1.165) is 36.0 Å². The Kier molecular flexibility index (Phi) is 9.90. The van der Waals surface area contributed by atoms with Crippen LogP contribution >= 0.6 is 0 Å². The quantitative estimate of drug-likeness (QED) is 0.357. The van der Waals surface area contributed by atoms with Crippen molar-refractivity contribution >= 4 is 29.1 Å². The second-order valence-corrected chi connectivity index (χ2v) is 7.97. The lowest BCUT2D eigenvalue weighted by molar-refractivity contribution is -0.192. The van der Waals surface area contributed by atoms with E-state index in [9.17, 15) is 13.2 Å². The minimum absolute atomic E-state index is 0.524. The van der Waals surface area contributed by atoms with E-state index in [2.05, 4.69) is 25.5 Å². The smallest absolute Gasteiger partial charge is 0.490 e. The van der Waals surface area contributed by atoms with E-state index in [1.807, 2.05) is 54.6 Å². The lowest BCUT2D eigenvalue weighted by Crippen LogP contribution is -2.25. The van der Waals surface area contributed by atoms with Gasteiger partial charge in [-0.15, -0.1) is 0 Å². The molecule has 2 heterocycles. The highest BCUT2D eigenvalue weighted by Crippen LogP contribution is 2.21. The summed E-state index contributed by atoms with van der Waals surface area (Å²) in [6.07, 6.45) is -0.754. The van der Waals surface area contributed by atoms with E-state index >= 15 is 0 Å². The van der Waals surface area contributed by atoms with E-state index in [1.54, 1.807) is 13.3 Å². The fraction of sp³-hybridized carbons (Fsp3) is 0.320. The van der Waals surface area contributed by atoms with Gasteiger partial charge in [-0.2, -0.15) is 18.2 Å². The third-order valence-corrected chi connectivity index (χ3v) is 5.25. The number of rotatable bonds is 9. The number of carbonyl (C=O) groups is 1. The van der Waals surface area contributed by atoms with Crippen LogP contribution in [0.5, 0.6) is 11.5 Å². The molecule has 0 saturated carbocycles. The Bertz CT molecular complexity index is 1120. The lowest BCUT2D eigenvalue weighted by Gasteiger charge is -2.15. The number of anilines is 4. The first-order valence-corrected chi connectivity index (χ1v) is 11.5. The molecule has 1 aromatic heterocycles. The molecule has 0 spiro atoms. The molecule has 1 aliphatic rings. The Morgan fingerprint density at radius 1 is 0.973 bits per heavy atom. The minimum atomic E-state index is -5.08. The fourth-order valence-electron chi connectivity index (χ4n) is 3.37. The third kappa shape index (κ3) is 9.49. The number of carboxylic acids is 1. The average Bonchev–Trinajstić information content (AvgIpc) is 3.39. The van der Waals surface area contributed by atoms with Crippen LogP contribution in [0.1, 0.15) is 12.8 Å². The van der Waals surface area contributed by atoms with Crippen LogP contribution in [0.25, 0.3) is 0 Å². The first kappa shape index (κ1) is 27.5. The summed E-state index contributed by atoms with van der Waals surface area (Å²) in [6, 6.07) is 17.4. The Hall–Kier alpha value is -4.06. The molecule has 1 aliphatic heterocycles. The van der Waals surface area contributed by atoms with E-state index in [4.69, 9.17) is 19.4 Å². The topological polar surface area (TPSA) is 109 Å². The van der Waals surface area contributed by atoms with Crippen molar-refractivity contribution < 1.29 is 32.5 Å². The molecule has 3 aromatic rings. The standard InChI is InChI=1S/C23H27N5O2.C2HF3O2/c1-29-20-8-4-18(5-9-20)25-22-12-13-24-23(27-22)26-19-6-10-21(11-7-19)30-17-16-28-14-2-3-15-28;3-2(4,5)1(6)7/h4-13H,2-3,14-17H2,1H3,(H2,24,25,26,27);(H,6,7). The molecule has 9 nitrogen and oxygen atoms in total. The highest BCUT2D eigenvalue weighted by atomic mass is 19.4. The Morgan fingerprint density at radius 2 is 1.54 bits per heavy atom. The van der Waals surface area contributed by atoms with Gasteiger partial charge < -0.3 is 25.2 Å². The SMILES string of the molecule is COc1ccc(Nc2ccnc(Nc3ccc(OCCN4CCCC4)cc3)n2)cc1.O=C(O)C(F)(F)F. The molecule has 4 rings (SSSR count). The molecule has 0 atom stereocenters. The van der Waals surface area contributed by atoms with Crippen molar-refractivity contribution in [2.75, 3.05) is 44.0 Å². The maximum absolute atomic E-state index is 10.6. The van der Waals surface area contributed by atoms with Gasteiger partial charge in [-0.05, 0) is 80.5 Å². The molecule has 0 unspecified atom stereocenters. The first-order valence-electron chi connectivity index (χ1n) is 11.5. The summed E-state index contributed by atoms with van der Waals surface area (Å²) < 4.78 is 42.8. The summed E-state index contributed by atoms with van der Waals surface area (Å²) in [7, 11) is 1.65. The third-order valence-electron chi connectivity index (χ3n) is 5.25. The van der Waals surface area contributed by atoms with Crippen LogP contribution in [0.2, 0.25) is 0 Å². The second-order valence-electron chi connectivity index (χ2n) is 7.97. The maximum atomic E-state index is 10.6. The zero-order valence-electron chi connectivity index (χ0n) is 20.2. The number of carboxylic acid groups (broad SMARTS) is 1. The summed E-state index contributed by atoms with van der Waals surface area (Å²) in [4.78, 5) is 20.2. The Labute approximate surface area is 212 Å². The molecular formula is C25H28F3N5O4. The normalized spacial score (nSPS) is 13.3. The van der Waals surface area contributed by atoms with E-state index < -0.39 is 12.1 Å². The number of benzene rings is 2. The highest BCUT2D eigenvalue weighted by Gasteiger charge is 2.38. The van der Waals surface area contributed by atoms with Crippen LogP contribution in [0.3, 0.4) is 0 Å². The van der Waals surface area contributed by atoms with Crippen molar-refractivity contribution in [2.45, 2.75) is 19.0 Å². The van der Waals surface area contributed by atoms with Gasteiger partial charge in [-0.3, -0.25) is 4.90 Å². The Morgan fingerprint density at radius 3 is 2.11 bits per heavy atom. The van der Waals surface area contributed by atoms with Crippen LogP contribution in [0.15, 0.2) is 60.8 Å². The van der Waals surface area contributed by atoms with Gasteiger partial charge in [0, 0.05) is 24.1 Å². The van der Waals surface area contributed by atoms with Crippen molar-refractivity contribution in [3.63, 3.8) is 0 Å². The molecule has 0 radical (unpaired) electrons. The van der Waals surface area contributed by atoms with Crippen molar-refractivity contribution in [1.29, 1.82) is 0 Å². The van der Waals surface area contributed by atoms with Gasteiger partial charge in [0.25, 0.3) is 0 Å². The van der Waals surface area contributed by atoms with Gasteiger partial charge in [-0.25, -0.2) is 9.78 Å². The largest absolute Gasteiger partial charge is 0.497 e. The van der Waals surface area contributed by atoms with Crippen molar-refractivity contribution in [3.05, 3.63) is 60.8 Å². The molecule has 3 N–H and O–H groups in total. The van der Waals surface area contributed by atoms with E-state index in [1.165, 1.54) is 25.9 Å². The van der Waals surface area contributed by atoms with Crippen LogP contribution in [-0.2, 0) is 4.79 Å². The van der Waals surface area contributed by atoms with Crippen LogP contribution in [0, 0.1) is 0 Å². The molecule has 37 heavy (non-hydrogen) atoms. The molecule has 0 bridgehead atoms. The summed E-state index contributed by atoms with van der Waals surface area (Å²) in [5.74, 6) is 0.160. The number of methoxy groups -OCH3 is 1.